The lowest BCUT2D eigenvalue weighted by Gasteiger charge is -2.03. The number of rotatable bonds is 1. The topological polar surface area (TPSA) is 93.5 Å². The molecule has 0 aromatic heterocycles. The van der Waals surface area contributed by atoms with E-state index in [-0.39, 0.29) is 5.96 Å². The molecule has 0 bridgehead atoms. The van der Waals surface area contributed by atoms with Crippen LogP contribution >= 0.6 is 15.9 Å². The summed E-state index contributed by atoms with van der Waals surface area (Å²) < 4.78 is 0.803. The second-order valence-electron chi connectivity index (χ2n) is 2.94. The second kappa shape index (κ2) is 4.79. The molecule has 0 unspecified atom stereocenters. The first-order chi connectivity index (χ1) is 6.99. The Labute approximate surface area is 95.7 Å². The summed E-state index contributed by atoms with van der Waals surface area (Å²) in [6.07, 6.45) is 0. The Morgan fingerprint density at radius 3 is 2.67 bits per heavy atom. The van der Waals surface area contributed by atoms with Crippen LogP contribution in [0.15, 0.2) is 27.7 Å². The average molecular weight is 271 g/mol. The van der Waals surface area contributed by atoms with Crippen molar-refractivity contribution in [3.63, 3.8) is 0 Å². The van der Waals surface area contributed by atoms with Gasteiger partial charge in [0.15, 0.2) is 0 Å². The predicted octanol–water partition coefficient (Wildman–Crippen LogP) is 1.37. The Hall–Kier alpha value is -1.56. The summed E-state index contributed by atoms with van der Waals surface area (Å²) in [5, 5.41) is 2.18. The zero-order valence-corrected chi connectivity index (χ0v) is 9.71. The van der Waals surface area contributed by atoms with Gasteiger partial charge in [-0.2, -0.15) is 0 Å². The minimum Gasteiger partial charge on any atom is -0.369 e. The van der Waals surface area contributed by atoms with E-state index in [1.54, 1.807) is 6.07 Å². The van der Waals surface area contributed by atoms with Gasteiger partial charge in [0.25, 0.3) is 0 Å². The van der Waals surface area contributed by atoms with E-state index in [0.29, 0.717) is 5.69 Å². The van der Waals surface area contributed by atoms with Gasteiger partial charge < -0.3 is 11.5 Å². The molecule has 0 aliphatic carbocycles. The molecule has 0 heterocycles. The number of nitrogens with two attached hydrogens (primary N) is 2. The number of nitrogens with zero attached hydrogens (tertiary/aromatic N) is 1. The zero-order valence-electron chi connectivity index (χ0n) is 8.12. The van der Waals surface area contributed by atoms with Crippen molar-refractivity contribution in [3.05, 3.63) is 28.2 Å². The standard InChI is InChI=1S/C9H11BrN4O/c1-5-2-3-7(6(10)4-5)13-8(11)14-9(12)15/h2-4H,1H3,(H5,11,12,13,14,15). The monoisotopic (exact) mass is 270 g/mol. The Morgan fingerprint density at radius 1 is 1.47 bits per heavy atom. The van der Waals surface area contributed by atoms with Crippen LogP contribution < -0.4 is 16.8 Å². The van der Waals surface area contributed by atoms with Gasteiger partial charge in [0.1, 0.15) is 0 Å². The van der Waals surface area contributed by atoms with Gasteiger partial charge in [-0.15, -0.1) is 0 Å². The fraction of sp³-hybridized carbons (Fsp3) is 0.111. The highest BCUT2D eigenvalue weighted by molar-refractivity contribution is 9.10. The third kappa shape index (κ3) is 3.59. The van der Waals surface area contributed by atoms with E-state index in [2.05, 4.69) is 26.2 Å². The highest BCUT2D eigenvalue weighted by Gasteiger charge is 2.00. The molecular formula is C9H11BrN4O. The number of halogens is 1. The number of hydrogen-bond acceptors (Lipinski definition) is 2. The van der Waals surface area contributed by atoms with Crippen LogP contribution in [0.25, 0.3) is 0 Å². The Kier molecular flexibility index (Phi) is 3.68. The molecule has 80 valence electrons. The lowest BCUT2D eigenvalue weighted by Crippen LogP contribution is -2.39. The number of urea groups is 1. The first kappa shape index (κ1) is 11.5. The lowest BCUT2D eigenvalue weighted by molar-refractivity contribution is 0.253. The van der Waals surface area contributed by atoms with Crippen LogP contribution in [0.1, 0.15) is 5.56 Å². The van der Waals surface area contributed by atoms with Crippen LogP contribution in [0.3, 0.4) is 0 Å². The Morgan fingerprint density at radius 2 is 2.13 bits per heavy atom. The molecule has 0 saturated heterocycles. The van der Waals surface area contributed by atoms with Crippen molar-refractivity contribution in [3.8, 4) is 0 Å². The molecule has 0 atom stereocenters. The number of hydrogen-bond donors (Lipinski definition) is 3. The predicted molar refractivity (Wildman–Crippen MR) is 62.9 cm³/mol. The van der Waals surface area contributed by atoms with Crippen molar-refractivity contribution < 1.29 is 4.79 Å². The van der Waals surface area contributed by atoms with E-state index < -0.39 is 6.03 Å². The zero-order chi connectivity index (χ0) is 11.4. The van der Waals surface area contributed by atoms with Crippen molar-refractivity contribution in [1.29, 1.82) is 0 Å². The van der Waals surface area contributed by atoms with Crippen LogP contribution in [0.4, 0.5) is 10.5 Å². The summed E-state index contributed by atoms with van der Waals surface area (Å²) >= 11 is 3.34. The molecule has 5 N–H and O–H groups in total. The quantitative estimate of drug-likeness (QED) is 0.531. The molecule has 0 fully saturated rings. The van der Waals surface area contributed by atoms with E-state index in [0.717, 1.165) is 10.0 Å². The van der Waals surface area contributed by atoms with Gasteiger partial charge in [0.2, 0.25) is 5.96 Å². The summed E-state index contributed by atoms with van der Waals surface area (Å²) in [7, 11) is 0. The van der Waals surface area contributed by atoms with E-state index in [9.17, 15) is 4.79 Å². The SMILES string of the molecule is Cc1ccc(N=C(N)NC(N)=O)c(Br)c1. The van der Waals surface area contributed by atoms with Crippen molar-refractivity contribution in [2.75, 3.05) is 0 Å². The smallest absolute Gasteiger partial charge is 0.318 e. The molecule has 1 aromatic rings. The summed E-state index contributed by atoms with van der Waals surface area (Å²) in [5.41, 5.74) is 12.0. The Balaban J connectivity index is 2.92. The number of nitrogens with one attached hydrogen (secondary N) is 1. The van der Waals surface area contributed by atoms with Crippen molar-refractivity contribution in [2.45, 2.75) is 6.92 Å². The number of carbonyl (C=O) groups excluding carboxylic acids is 1. The molecule has 2 amide bonds. The van der Waals surface area contributed by atoms with E-state index in [1.165, 1.54) is 0 Å². The number of aryl methyl sites for hydroxylation is 1. The molecule has 0 aliphatic heterocycles. The Bertz CT molecular complexity index is 417. The number of aliphatic imine (C=N–C) groups is 1. The number of benzene rings is 1. The van der Waals surface area contributed by atoms with E-state index >= 15 is 0 Å². The molecule has 0 saturated carbocycles. The molecule has 0 aliphatic rings. The molecule has 0 radical (unpaired) electrons. The molecule has 0 spiro atoms. The fourth-order valence-electron chi connectivity index (χ4n) is 0.987. The number of guanidine groups is 1. The van der Waals surface area contributed by atoms with Crippen molar-refractivity contribution >= 4 is 33.6 Å². The van der Waals surface area contributed by atoms with Gasteiger partial charge >= 0.3 is 6.03 Å². The maximum atomic E-state index is 10.5. The lowest BCUT2D eigenvalue weighted by atomic mass is 10.2. The van der Waals surface area contributed by atoms with Crippen LogP contribution in [-0.2, 0) is 0 Å². The molecule has 1 rings (SSSR count). The number of amides is 2. The minimum absolute atomic E-state index is 0.0351. The van der Waals surface area contributed by atoms with Crippen molar-refractivity contribution in [1.82, 2.24) is 5.32 Å². The molecular weight excluding hydrogens is 260 g/mol. The van der Waals surface area contributed by atoms with Gasteiger partial charge in [0, 0.05) is 4.47 Å². The van der Waals surface area contributed by atoms with Gasteiger partial charge in [-0.1, -0.05) is 6.07 Å². The first-order valence-electron chi connectivity index (χ1n) is 4.16. The van der Waals surface area contributed by atoms with E-state index in [4.69, 9.17) is 11.5 Å². The summed E-state index contributed by atoms with van der Waals surface area (Å²) in [6, 6.07) is 4.84. The maximum absolute atomic E-state index is 10.5. The molecule has 15 heavy (non-hydrogen) atoms. The van der Waals surface area contributed by atoms with Gasteiger partial charge in [-0.25, -0.2) is 9.79 Å². The van der Waals surface area contributed by atoms with E-state index in [1.807, 2.05) is 19.1 Å². The van der Waals surface area contributed by atoms with Gasteiger partial charge in [0.05, 0.1) is 5.69 Å². The first-order valence-corrected chi connectivity index (χ1v) is 4.95. The van der Waals surface area contributed by atoms with Gasteiger partial charge in [-0.05, 0) is 40.5 Å². The maximum Gasteiger partial charge on any atom is 0.318 e. The minimum atomic E-state index is -0.737. The normalized spacial score (nSPS) is 11.2. The summed E-state index contributed by atoms with van der Waals surface area (Å²) in [6.45, 7) is 1.96. The summed E-state index contributed by atoms with van der Waals surface area (Å²) in [5.74, 6) is -0.0351. The van der Waals surface area contributed by atoms with Gasteiger partial charge in [-0.3, -0.25) is 5.32 Å². The molecule has 1 aromatic carbocycles. The fourth-order valence-corrected chi connectivity index (χ4v) is 1.57. The van der Waals surface area contributed by atoms with Crippen LogP contribution in [-0.4, -0.2) is 12.0 Å². The largest absolute Gasteiger partial charge is 0.369 e. The highest BCUT2D eigenvalue weighted by atomic mass is 79.9. The highest BCUT2D eigenvalue weighted by Crippen LogP contribution is 2.25. The average Bonchev–Trinajstić information content (AvgIpc) is 2.08. The number of carbonyl (C=O) groups is 1. The van der Waals surface area contributed by atoms with Crippen LogP contribution in [0, 0.1) is 6.92 Å². The summed E-state index contributed by atoms with van der Waals surface area (Å²) in [4.78, 5) is 14.5. The third-order valence-electron chi connectivity index (χ3n) is 1.60. The second-order valence-corrected chi connectivity index (χ2v) is 3.80. The third-order valence-corrected chi connectivity index (χ3v) is 2.23. The van der Waals surface area contributed by atoms with Crippen molar-refractivity contribution in [2.24, 2.45) is 16.5 Å². The number of primary amides is 1. The molecule has 5 nitrogen and oxygen atoms in total. The van der Waals surface area contributed by atoms with Crippen LogP contribution in [0.5, 0.6) is 0 Å². The molecule has 6 heteroatoms. The van der Waals surface area contributed by atoms with Crippen LogP contribution in [0.2, 0.25) is 0 Å².